The second-order valence-corrected chi connectivity index (χ2v) is 14.0. The molecule has 0 aromatic carbocycles. The molecule has 0 atom stereocenters. The molecule has 0 aliphatic rings. The number of aliphatic hydroxyl groups excluding tert-OH is 1. The number of allylic oxidation sites excluding steroid dienone is 4. The standard InChI is InChI=1S/C23H38O2.C23H44O/c1-2-3-4-5-6-7-8-9-10-11-12-13-14-15-16-17-18-19-20-21-22-23(24)25;1-2-3-4-5-6-7-8-9-10-11-12-13-14-15-16-17-18-19-20-21-22-23-24/h2-10,15-22H2,1H3,(H,24,25);11-14,24H,2-10,15-23H2,1H3. The van der Waals surface area contributed by atoms with Gasteiger partial charge in [-0.2, -0.15) is 0 Å². The van der Waals surface area contributed by atoms with Gasteiger partial charge in [0.15, 0.2) is 0 Å². The zero-order valence-corrected chi connectivity index (χ0v) is 32.9. The lowest BCUT2D eigenvalue weighted by Gasteiger charge is -1.99. The van der Waals surface area contributed by atoms with Gasteiger partial charge < -0.3 is 10.2 Å². The van der Waals surface area contributed by atoms with Crippen molar-refractivity contribution in [1.29, 1.82) is 0 Å². The molecule has 49 heavy (non-hydrogen) atoms. The Hall–Kier alpha value is -1.97. The molecule has 0 aromatic rings. The minimum absolute atomic E-state index is 0.309. The predicted molar refractivity (Wildman–Crippen MR) is 217 cm³/mol. The second kappa shape index (κ2) is 48.1. The minimum atomic E-state index is -0.682. The van der Waals surface area contributed by atoms with E-state index < -0.39 is 5.97 Å². The Bertz CT molecular complexity index is 791. The lowest BCUT2D eigenvalue weighted by atomic mass is 10.1. The first-order valence-electron chi connectivity index (χ1n) is 21.3. The number of carboxylic acids is 1. The molecule has 0 rings (SSSR count). The van der Waals surface area contributed by atoms with Crippen molar-refractivity contribution in [2.24, 2.45) is 0 Å². The zero-order valence-electron chi connectivity index (χ0n) is 32.9. The largest absolute Gasteiger partial charge is 0.481 e. The Morgan fingerprint density at radius 3 is 1.14 bits per heavy atom. The normalized spacial score (nSPS) is 10.8. The van der Waals surface area contributed by atoms with Crippen LogP contribution in [0.2, 0.25) is 0 Å². The average molecular weight is 683 g/mol. The highest BCUT2D eigenvalue weighted by atomic mass is 16.4. The van der Waals surface area contributed by atoms with Gasteiger partial charge in [-0.05, 0) is 63.2 Å². The molecule has 2 N–H and O–H groups in total. The van der Waals surface area contributed by atoms with Gasteiger partial charge >= 0.3 is 5.97 Å². The summed E-state index contributed by atoms with van der Waals surface area (Å²) in [7, 11) is 0. The van der Waals surface area contributed by atoms with Crippen LogP contribution in [0.1, 0.15) is 232 Å². The third-order valence-electron chi connectivity index (χ3n) is 8.97. The predicted octanol–water partition coefficient (Wildman–Crippen LogP) is 14.5. The van der Waals surface area contributed by atoms with E-state index >= 15 is 0 Å². The molecule has 0 heterocycles. The van der Waals surface area contributed by atoms with E-state index in [1.807, 2.05) is 0 Å². The van der Waals surface area contributed by atoms with Crippen molar-refractivity contribution in [3.05, 3.63) is 24.3 Å². The third kappa shape index (κ3) is 53.0. The summed E-state index contributed by atoms with van der Waals surface area (Å²) in [6.45, 7) is 4.90. The summed E-state index contributed by atoms with van der Waals surface area (Å²) in [4.78, 5) is 10.4. The monoisotopic (exact) mass is 683 g/mol. The topological polar surface area (TPSA) is 57.5 Å². The van der Waals surface area contributed by atoms with Gasteiger partial charge in [0.2, 0.25) is 0 Å². The van der Waals surface area contributed by atoms with E-state index in [0.29, 0.717) is 13.0 Å². The lowest BCUT2D eigenvalue weighted by Crippen LogP contribution is -1.93. The highest BCUT2D eigenvalue weighted by molar-refractivity contribution is 5.66. The van der Waals surface area contributed by atoms with Crippen molar-refractivity contribution in [1.82, 2.24) is 0 Å². The molecule has 0 fully saturated rings. The Balaban J connectivity index is 0. The molecule has 284 valence electrons. The van der Waals surface area contributed by atoms with E-state index in [1.165, 1.54) is 167 Å². The van der Waals surface area contributed by atoms with E-state index in [1.54, 1.807) is 0 Å². The van der Waals surface area contributed by atoms with E-state index in [-0.39, 0.29) is 0 Å². The number of carbonyl (C=O) groups is 1. The quantitative estimate of drug-likeness (QED) is 0.0397. The van der Waals surface area contributed by atoms with Crippen LogP contribution < -0.4 is 0 Å². The molecule has 0 saturated heterocycles. The van der Waals surface area contributed by atoms with E-state index in [4.69, 9.17) is 10.2 Å². The molecule has 3 nitrogen and oxygen atoms in total. The SMILES string of the molecule is CCCCCCCCCCC#CC#CCCCCCCCCC(=O)O.CCCCCCCCCCC=CC=CCCCCCCCCCO. The first kappa shape index (κ1) is 49.1. The molecule has 0 aromatic heterocycles. The van der Waals surface area contributed by atoms with Crippen molar-refractivity contribution in [2.45, 2.75) is 232 Å². The molecule has 3 heteroatoms. The van der Waals surface area contributed by atoms with Gasteiger partial charge in [-0.3, -0.25) is 4.79 Å². The number of hydrogen-bond acceptors (Lipinski definition) is 2. The maximum absolute atomic E-state index is 10.4. The van der Waals surface area contributed by atoms with Gasteiger partial charge in [-0.25, -0.2) is 0 Å². The van der Waals surface area contributed by atoms with Crippen LogP contribution in [-0.2, 0) is 4.79 Å². The number of hydrogen-bond donors (Lipinski definition) is 2. The molecule has 0 aliphatic carbocycles. The van der Waals surface area contributed by atoms with Crippen LogP contribution in [0.3, 0.4) is 0 Å². The highest BCUT2D eigenvalue weighted by Crippen LogP contribution is 2.12. The Morgan fingerprint density at radius 1 is 0.449 bits per heavy atom. The number of unbranched alkanes of at least 4 members (excludes halogenated alkanes) is 29. The maximum atomic E-state index is 10.4. The number of aliphatic carboxylic acids is 1. The first-order valence-corrected chi connectivity index (χ1v) is 21.3. The third-order valence-corrected chi connectivity index (χ3v) is 8.97. The summed E-state index contributed by atoms with van der Waals surface area (Å²) in [6, 6.07) is 0. The highest BCUT2D eigenvalue weighted by Gasteiger charge is 1.96. The van der Waals surface area contributed by atoms with Crippen LogP contribution in [0.4, 0.5) is 0 Å². The Labute approximate surface area is 307 Å². The van der Waals surface area contributed by atoms with E-state index in [0.717, 1.165) is 44.9 Å². The van der Waals surface area contributed by atoms with Crippen LogP contribution in [0.25, 0.3) is 0 Å². The van der Waals surface area contributed by atoms with E-state index in [9.17, 15) is 4.79 Å². The fraction of sp³-hybridized carbons (Fsp3) is 0.804. The Kier molecular flexibility index (Phi) is 48.3. The molecule has 0 amide bonds. The maximum Gasteiger partial charge on any atom is 0.303 e. The summed E-state index contributed by atoms with van der Waals surface area (Å²) in [5, 5.41) is 17.2. The van der Waals surface area contributed by atoms with Crippen molar-refractivity contribution < 1.29 is 15.0 Å². The summed E-state index contributed by atoms with van der Waals surface area (Å²) in [5.74, 6) is 11.5. The van der Waals surface area contributed by atoms with Crippen molar-refractivity contribution in [2.75, 3.05) is 6.61 Å². The number of carboxylic acid groups (broad SMARTS) is 1. The minimum Gasteiger partial charge on any atom is -0.481 e. The molecular weight excluding hydrogens is 601 g/mol. The smallest absolute Gasteiger partial charge is 0.303 e. The Morgan fingerprint density at radius 2 is 0.776 bits per heavy atom. The van der Waals surface area contributed by atoms with Gasteiger partial charge in [0.25, 0.3) is 0 Å². The van der Waals surface area contributed by atoms with Crippen LogP contribution in [0.15, 0.2) is 24.3 Å². The fourth-order valence-electron chi connectivity index (χ4n) is 5.76. The first-order chi connectivity index (χ1) is 24.2. The molecule has 0 bridgehead atoms. The van der Waals surface area contributed by atoms with Gasteiger partial charge in [-0.1, -0.05) is 198 Å². The molecule has 0 saturated carbocycles. The summed E-state index contributed by atoms with van der Waals surface area (Å²) < 4.78 is 0. The second-order valence-electron chi connectivity index (χ2n) is 14.0. The van der Waals surface area contributed by atoms with Crippen molar-refractivity contribution in [3.8, 4) is 23.7 Å². The van der Waals surface area contributed by atoms with Crippen molar-refractivity contribution >= 4 is 5.97 Å². The average Bonchev–Trinajstić information content (AvgIpc) is 3.10. The number of aliphatic hydroxyl groups is 1. The van der Waals surface area contributed by atoms with Gasteiger partial charge in [0.05, 0.1) is 0 Å². The molecule has 0 spiro atoms. The lowest BCUT2D eigenvalue weighted by molar-refractivity contribution is -0.137. The molecule has 0 aliphatic heterocycles. The molecule has 0 unspecified atom stereocenters. The fourth-order valence-corrected chi connectivity index (χ4v) is 5.76. The number of rotatable bonds is 35. The molecular formula is C46H82O3. The summed E-state index contributed by atoms with van der Waals surface area (Å²) in [5.41, 5.74) is 0. The van der Waals surface area contributed by atoms with Crippen LogP contribution in [0.5, 0.6) is 0 Å². The van der Waals surface area contributed by atoms with Crippen LogP contribution >= 0.6 is 0 Å². The van der Waals surface area contributed by atoms with Crippen LogP contribution in [-0.4, -0.2) is 22.8 Å². The van der Waals surface area contributed by atoms with Gasteiger partial charge in [-0.15, -0.1) is 0 Å². The zero-order chi connectivity index (χ0) is 36.0. The summed E-state index contributed by atoms with van der Waals surface area (Å²) in [6.07, 6.45) is 51.1. The van der Waals surface area contributed by atoms with E-state index in [2.05, 4.69) is 61.8 Å². The van der Waals surface area contributed by atoms with Gasteiger partial charge in [0.1, 0.15) is 0 Å². The van der Waals surface area contributed by atoms with Gasteiger partial charge in [0, 0.05) is 25.9 Å². The summed E-state index contributed by atoms with van der Waals surface area (Å²) >= 11 is 0. The molecule has 0 radical (unpaired) electrons. The van der Waals surface area contributed by atoms with Crippen molar-refractivity contribution in [3.63, 3.8) is 0 Å². The van der Waals surface area contributed by atoms with Crippen LogP contribution in [0, 0.1) is 23.7 Å².